The third-order valence-corrected chi connectivity index (χ3v) is 5.76. The van der Waals surface area contributed by atoms with Gasteiger partial charge in [0.1, 0.15) is 0 Å². The van der Waals surface area contributed by atoms with Gasteiger partial charge in [0.05, 0.1) is 16.5 Å². The molecule has 1 aromatic carbocycles. The van der Waals surface area contributed by atoms with E-state index in [2.05, 4.69) is 5.32 Å². The minimum absolute atomic E-state index is 0.00450. The number of sulfonamides is 1. The molecule has 2 rings (SSSR count). The number of nitriles is 1. The summed E-state index contributed by atoms with van der Waals surface area (Å²) in [6.45, 7) is 2.96. The molecule has 1 unspecified atom stereocenters. The molecule has 1 atom stereocenters. The number of nitrogens with one attached hydrogen (secondary N) is 1. The van der Waals surface area contributed by atoms with Crippen LogP contribution in [0.1, 0.15) is 24.0 Å². The van der Waals surface area contributed by atoms with Crippen LogP contribution in [0.15, 0.2) is 23.1 Å². The van der Waals surface area contributed by atoms with Crippen molar-refractivity contribution in [2.24, 2.45) is 0 Å². The van der Waals surface area contributed by atoms with Crippen molar-refractivity contribution in [3.63, 3.8) is 0 Å². The van der Waals surface area contributed by atoms with E-state index in [0.29, 0.717) is 24.2 Å². The van der Waals surface area contributed by atoms with Crippen LogP contribution < -0.4 is 5.32 Å². The van der Waals surface area contributed by atoms with Crippen LogP contribution in [0, 0.1) is 18.3 Å². The molecule has 1 N–H and O–H groups in total. The Morgan fingerprint density at radius 3 is 2.90 bits per heavy atom. The molecule has 0 aliphatic carbocycles. The maximum Gasteiger partial charge on any atom is 0.243 e. The molecule has 1 fully saturated rings. The summed E-state index contributed by atoms with van der Waals surface area (Å²) >= 11 is 0. The second-order valence-corrected chi connectivity index (χ2v) is 6.92. The summed E-state index contributed by atoms with van der Waals surface area (Å²) in [5.41, 5.74) is 1.05. The highest BCUT2D eigenvalue weighted by molar-refractivity contribution is 7.89. The molecule has 1 heterocycles. The van der Waals surface area contributed by atoms with Crippen molar-refractivity contribution in [1.82, 2.24) is 9.62 Å². The summed E-state index contributed by atoms with van der Waals surface area (Å²) in [6, 6.07) is 6.80. The Bertz CT molecular complexity index is 634. The topological polar surface area (TPSA) is 73.2 Å². The molecule has 0 spiro atoms. The first-order valence-corrected chi connectivity index (χ1v) is 8.12. The van der Waals surface area contributed by atoms with Crippen LogP contribution in [0.3, 0.4) is 0 Å². The van der Waals surface area contributed by atoms with Crippen LogP contribution in [-0.2, 0) is 10.0 Å². The van der Waals surface area contributed by atoms with Gasteiger partial charge >= 0.3 is 0 Å². The van der Waals surface area contributed by atoms with Crippen molar-refractivity contribution in [2.75, 3.05) is 20.1 Å². The maximum absolute atomic E-state index is 12.8. The highest BCUT2D eigenvalue weighted by Crippen LogP contribution is 2.28. The van der Waals surface area contributed by atoms with Crippen LogP contribution in [0.2, 0.25) is 0 Å². The fraction of sp³-hybridized carbons (Fsp3) is 0.500. The lowest BCUT2D eigenvalue weighted by Crippen LogP contribution is -2.41. The van der Waals surface area contributed by atoms with E-state index in [9.17, 15) is 8.42 Å². The number of nitrogens with zero attached hydrogens (tertiary/aromatic N) is 2. The van der Waals surface area contributed by atoms with Crippen molar-refractivity contribution < 1.29 is 8.42 Å². The molecule has 1 aliphatic rings. The van der Waals surface area contributed by atoms with Crippen molar-refractivity contribution in [2.45, 2.75) is 30.7 Å². The zero-order valence-corrected chi connectivity index (χ0v) is 12.6. The first-order valence-electron chi connectivity index (χ1n) is 6.68. The minimum Gasteiger partial charge on any atom is -0.318 e. The predicted molar refractivity (Wildman–Crippen MR) is 76.7 cm³/mol. The third kappa shape index (κ3) is 2.70. The lowest BCUT2D eigenvalue weighted by atomic mass is 10.2. The second kappa shape index (κ2) is 5.92. The molecule has 1 saturated heterocycles. The van der Waals surface area contributed by atoms with Gasteiger partial charge in [-0.25, -0.2) is 8.42 Å². The smallest absolute Gasteiger partial charge is 0.243 e. The Kier molecular flexibility index (Phi) is 4.43. The molecule has 0 amide bonds. The minimum atomic E-state index is -3.53. The van der Waals surface area contributed by atoms with Crippen LogP contribution in [-0.4, -0.2) is 38.9 Å². The largest absolute Gasteiger partial charge is 0.318 e. The highest BCUT2D eigenvalue weighted by Gasteiger charge is 2.35. The summed E-state index contributed by atoms with van der Waals surface area (Å²) in [7, 11) is -1.71. The summed E-state index contributed by atoms with van der Waals surface area (Å²) in [4.78, 5) is 0.250. The van der Waals surface area contributed by atoms with Crippen LogP contribution in [0.25, 0.3) is 0 Å². The van der Waals surface area contributed by atoms with Crippen molar-refractivity contribution in [3.05, 3.63) is 29.3 Å². The SMILES string of the molecule is CNCC1CCCN1S(=O)(=O)c1cc(C#N)ccc1C. The number of rotatable bonds is 4. The van der Waals surface area contributed by atoms with E-state index >= 15 is 0 Å². The maximum atomic E-state index is 12.8. The third-order valence-electron chi connectivity index (χ3n) is 3.67. The van der Waals surface area contributed by atoms with Gasteiger partial charge in [-0.15, -0.1) is 0 Å². The Balaban J connectivity index is 2.42. The van der Waals surface area contributed by atoms with Crippen LogP contribution in [0.5, 0.6) is 0 Å². The Morgan fingerprint density at radius 1 is 1.50 bits per heavy atom. The van der Waals surface area contributed by atoms with Gasteiger partial charge in [0.15, 0.2) is 0 Å². The first-order chi connectivity index (χ1) is 9.50. The Labute approximate surface area is 120 Å². The van der Waals surface area contributed by atoms with Gasteiger partial charge in [0.25, 0.3) is 0 Å². The first kappa shape index (κ1) is 15.0. The monoisotopic (exact) mass is 293 g/mol. The molecule has 1 aromatic rings. The van der Waals surface area contributed by atoms with E-state index in [1.54, 1.807) is 23.4 Å². The van der Waals surface area contributed by atoms with Gasteiger partial charge in [-0.3, -0.25) is 0 Å². The van der Waals surface area contributed by atoms with Crippen molar-refractivity contribution in [3.8, 4) is 6.07 Å². The molecular formula is C14H19N3O2S. The van der Waals surface area contributed by atoms with Gasteiger partial charge in [-0.05, 0) is 44.5 Å². The molecule has 108 valence electrons. The van der Waals surface area contributed by atoms with Gasteiger partial charge in [-0.2, -0.15) is 9.57 Å². The second-order valence-electron chi connectivity index (χ2n) is 5.06. The lowest BCUT2D eigenvalue weighted by molar-refractivity contribution is 0.379. The fourth-order valence-corrected chi connectivity index (χ4v) is 4.58. The molecule has 6 heteroatoms. The fourth-order valence-electron chi connectivity index (χ4n) is 2.64. The lowest BCUT2D eigenvalue weighted by Gasteiger charge is -2.24. The standard InChI is InChI=1S/C14H19N3O2S/c1-11-5-6-12(9-15)8-14(11)20(18,19)17-7-3-4-13(17)10-16-2/h5-6,8,13,16H,3-4,7,10H2,1-2H3. The van der Waals surface area contributed by atoms with Gasteiger partial charge in [-0.1, -0.05) is 6.07 Å². The van der Waals surface area contributed by atoms with Gasteiger partial charge < -0.3 is 5.32 Å². The normalized spacial score (nSPS) is 19.9. The number of likely N-dealkylation sites (N-methyl/N-ethyl adjacent to an activating group) is 1. The number of aryl methyl sites for hydroxylation is 1. The zero-order chi connectivity index (χ0) is 14.8. The Hall–Kier alpha value is -1.42. The van der Waals surface area contributed by atoms with E-state index in [-0.39, 0.29) is 10.9 Å². The average molecular weight is 293 g/mol. The van der Waals surface area contributed by atoms with Gasteiger partial charge in [0, 0.05) is 19.1 Å². The van der Waals surface area contributed by atoms with E-state index in [1.807, 2.05) is 13.1 Å². The molecule has 1 aliphatic heterocycles. The summed E-state index contributed by atoms with van der Waals surface area (Å²) in [5, 5.41) is 12.0. The van der Waals surface area contributed by atoms with Gasteiger partial charge in [0.2, 0.25) is 10.0 Å². The Morgan fingerprint density at radius 2 is 2.25 bits per heavy atom. The summed E-state index contributed by atoms with van der Waals surface area (Å²) < 4.78 is 27.2. The van der Waals surface area contributed by atoms with E-state index in [1.165, 1.54) is 6.07 Å². The highest BCUT2D eigenvalue weighted by atomic mass is 32.2. The van der Waals surface area contributed by atoms with Crippen molar-refractivity contribution in [1.29, 1.82) is 5.26 Å². The molecule has 5 nitrogen and oxygen atoms in total. The van der Waals surface area contributed by atoms with E-state index in [4.69, 9.17) is 5.26 Å². The summed E-state index contributed by atoms with van der Waals surface area (Å²) in [6.07, 6.45) is 1.75. The molecule has 0 bridgehead atoms. The van der Waals surface area contributed by atoms with Crippen LogP contribution in [0.4, 0.5) is 0 Å². The quantitative estimate of drug-likeness (QED) is 0.906. The molecular weight excluding hydrogens is 274 g/mol. The molecule has 20 heavy (non-hydrogen) atoms. The van der Waals surface area contributed by atoms with Crippen molar-refractivity contribution >= 4 is 10.0 Å². The summed E-state index contributed by atoms with van der Waals surface area (Å²) in [5.74, 6) is 0. The molecule has 0 aromatic heterocycles. The number of hydrogen-bond acceptors (Lipinski definition) is 4. The molecule has 0 radical (unpaired) electrons. The number of hydrogen-bond donors (Lipinski definition) is 1. The zero-order valence-electron chi connectivity index (χ0n) is 11.8. The average Bonchev–Trinajstić information content (AvgIpc) is 2.88. The number of benzene rings is 1. The van der Waals surface area contributed by atoms with E-state index in [0.717, 1.165) is 12.8 Å². The molecule has 0 saturated carbocycles. The predicted octanol–water partition coefficient (Wildman–Crippen LogP) is 1.24. The van der Waals surface area contributed by atoms with Crippen LogP contribution >= 0.6 is 0 Å². The van der Waals surface area contributed by atoms with E-state index < -0.39 is 10.0 Å².